The third kappa shape index (κ3) is 5.72. The fraction of sp³-hybridized carbons (Fsp3) is 0.778. The molecule has 120 valence electrons. The molecule has 0 bridgehead atoms. The Morgan fingerprint density at radius 2 is 2.10 bits per heavy atom. The maximum Gasteiger partial charge on any atom is 0.0327 e. The van der Waals surface area contributed by atoms with Crippen LogP contribution < -0.4 is 5.32 Å². The third-order valence-electron chi connectivity index (χ3n) is 4.72. The van der Waals surface area contributed by atoms with E-state index in [0.29, 0.717) is 0 Å². The van der Waals surface area contributed by atoms with Gasteiger partial charge in [-0.1, -0.05) is 39.2 Å². The molecule has 3 heteroatoms. The van der Waals surface area contributed by atoms with Crippen LogP contribution in [0.2, 0.25) is 0 Å². The average Bonchev–Trinajstić information content (AvgIpc) is 2.91. The van der Waals surface area contributed by atoms with Crippen LogP contribution in [0.4, 0.5) is 0 Å². The smallest absolute Gasteiger partial charge is 0.0327 e. The van der Waals surface area contributed by atoms with Gasteiger partial charge >= 0.3 is 0 Å². The molecule has 0 saturated heterocycles. The second-order valence-corrected chi connectivity index (χ2v) is 7.40. The second-order valence-electron chi connectivity index (χ2n) is 6.37. The van der Waals surface area contributed by atoms with Crippen LogP contribution in [0.5, 0.6) is 0 Å². The van der Waals surface area contributed by atoms with Crippen LogP contribution >= 0.6 is 11.3 Å². The van der Waals surface area contributed by atoms with Gasteiger partial charge in [0.15, 0.2) is 0 Å². The summed E-state index contributed by atoms with van der Waals surface area (Å²) in [4.78, 5) is 4.14. The van der Waals surface area contributed by atoms with Crippen LogP contribution in [0.15, 0.2) is 17.5 Å². The van der Waals surface area contributed by atoms with Gasteiger partial charge in [-0.3, -0.25) is 4.90 Å². The lowest BCUT2D eigenvalue weighted by atomic mass is 9.93. The van der Waals surface area contributed by atoms with E-state index in [1.807, 2.05) is 11.3 Å². The summed E-state index contributed by atoms with van der Waals surface area (Å²) in [5.74, 6) is 0.832. The molecule has 1 N–H and O–H groups in total. The van der Waals surface area contributed by atoms with Crippen LogP contribution in [0.1, 0.15) is 57.2 Å². The molecule has 1 heterocycles. The van der Waals surface area contributed by atoms with Crippen molar-refractivity contribution in [3.8, 4) is 0 Å². The fourth-order valence-corrected chi connectivity index (χ4v) is 4.21. The summed E-state index contributed by atoms with van der Waals surface area (Å²) in [7, 11) is 0. The average molecular weight is 309 g/mol. The maximum atomic E-state index is 3.83. The molecule has 0 spiro atoms. The minimum Gasteiger partial charge on any atom is -0.314 e. The third-order valence-corrected chi connectivity index (χ3v) is 5.58. The summed E-state index contributed by atoms with van der Waals surface area (Å²) in [6.45, 7) is 9.31. The van der Waals surface area contributed by atoms with Crippen LogP contribution in [-0.4, -0.2) is 30.6 Å². The van der Waals surface area contributed by atoms with Gasteiger partial charge in [0, 0.05) is 24.0 Å². The number of hydrogen-bond acceptors (Lipinski definition) is 3. The molecule has 1 aliphatic rings. The van der Waals surface area contributed by atoms with E-state index in [4.69, 9.17) is 0 Å². The Balaban J connectivity index is 1.91. The highest BCUT2D eigenvalue weighted by atomic mass is 32.1. The molecule has 1 aromatic rings. The molecule has 0 amide bonds. The molecule has 2 nitrogen and oxygen atoms in total. The van der Waals surface area contributed by atoms with Crippen molar-refractivity contribution < 1.29 is 0 Å². The topological polar surface area (TPSA) is 15.3 Å². The monoisotopic (exact) mass is 308 g/mol. The Kier molecular flexibility index (Phi) is 7.76. The Bertz CT molecular complexity index is 363. The number of nitrogens with zero attached hydrogens (tertiary/aromatic N) is 1. The Labute approximate surface area is 134 Å². The van der Waals surface area contributed by atoms with Crippen molar-refractivity contribution >= 4 is 11.3 Å². The molecule has 1 fully saturated rings. The lowest BCUT2D eigenvalue weighted by Crippen LogP contribution is -2.42. The summed E-state index contributed by atoms with van der Waals surface area (Å²) in [5.41, 5.74) is 0. The molecule has 21 heavy (non-hydrogen) atoms. The molecule has 0 radical (unpaired) electrons. The molecular weight excluding hydrogens is 276 g/mol. The summed E-state index contributed by atoms with van der Waals surface area (Å²) >= 11 is 1.89. The number of thiophene rings is 1. The maximum absolute atomic E-state index is 3.83. The zero-order valence-corrected chi connectivity index (χ0v) is 14.6. The van der Waals surface area contributed by atoms with Gasteiger partial charge in [-0.15, -0.1) is 11.3 Å². The van der Waals surface area contributed by atoms with Gasteiger partial charge < -0.3 is 5.32 Å². The largest absolute Gasteiger partial charge is 0.314 e. The van der Waals surface area contributed by atoms with E-state index in [-0.39, 0.29) is 0 Å². The van der Waals surface area contributed by atoms with E-state index in [0.717, 1.165) is 25.0 Å². The van der Waals surface area contributed by atoms with Crippen molar-refractivity contribution in [2.45, 2.75) is 65.0 Å². The minimum absolute atomic E-state index is 0.741. The lowest BCUT2D eigenvalue weighted by molar-refractivity contribution is 0.196. The van der Waals surface area contributed by atoms with E-state index < -0.39 is 0 Å². The molecule has 0 aromatic carbocycles. The van der Waals surface area contributed by atoms with Crippen LogP contribution in [0.3, 0.4) is 0 Å². The first kappa shape index (κ1) is 17.0. The zero-order chi connectivity index (χ0) is 14.9. The summed E-state index contributed by atoms with van der Waals surface area (Å²) in [6, 6.07) is 5.18. The summed E-state index contributed by atoms with van der Waals surface area (Å²) in [6.07, 6.45) is 8.29. The molecular formula is C18H32N2S. The number of hydrogen-bond donors (Lipinski definition) is 1. The van der Waals surface area contributed by atoms with E-state index in [1.54, 1.807) is 0 Å². The number of rotatable bonds is 8. The van der Waals surface area contributed by atoms with E-state index in [9.17, 15) is 0 Å². The molecule has 0 aliphatic heterocycles. The van der Waals surface area contributed by atoms with Crippen molar-refractivity contribution in [2.24, 2.45) is 5.92 Å². The first-order valence-electron chi connectivity index (χ1n) is 8.81. The lowest BCUT2D eigenvalue weighted by Gasteiger charge is -2.31. The Morgan fingerprint density at radius 3 is 2.81 bits per heavy atom. The highest BCUT2D eigenvalue weighted by Gasteiger charge is 2.24. The molecule has 1 aromatic heterocycles. The highest BCUT2D eigenvalue weighted by Crippen LogP contribution is 2.25. The first-order valence-corrected chi connectivity index (χ1v) is 9.69. The normalized spacial score (nSPS) is 23.4. The van der Waals surface area contributed by atoms with Crippen LogP contribution in [-0.2, 0) is 6.54 Å². The molecule has 2 atom stereocenters. The SMILES string of the molecule is CCCNC1CCCCCC1CN(CC)Cc1cccs1. The van der Waals surface area contributed by atoms with Gasteiger partial charge in [-0.05, 0) is 49.7 Å². The van der Waals surface area contributed by atoms with Crippen molar-refractivity contribution in [3.05, 3.63) is 22.4 Å². The van der Waals surface area contributed by atoms with Crippen LogP contribution in [0.25, 0.3) is 0 Å². The van der Waals surface area contributed by atoms with Gasteiger partial charge in [0.2, 0.25) is 0 Å². The summed E-state index contributed by atoms with van der Waals surface area (Å²) < 4.78 is 0. The van der Waals surface area contributed by atoms with Gasteiger partial charge in [0.05, 0.1) is 0 Å². The highest BCUT2D eigenvalue weighted by molar-refractivity contribution is 7.09. The van der Waals surface area contributed by atoms with Gasteiger partial charge in [0.25, 0.3) is 0 Å². The first-order chi connectivity index (χ1) is 10.3. The Hall–Kier alpha value is -0.380. The predicted octanol–water partition coefficient (Wildman–Crippen LogP) is 4.52. The molecule has 1 aliphatic carbocycles. The molecule has 2 unspecified atom stereocenters. The van der Waals surface area contributed by atoms with Crippen molar-refractivity contribution in [1.82, 2.24) is 10.2 Å². The minimum atomic E-state index is 0.741. The van der Waals surface area contributed by atoms with Gasteiger partial charge in [0.1, 0.15) is 0 Å². The number of nitrogens with one attached hydrogen (secondary N) is 1. The van der Waals surface area contributed by atoms with Crippen LogP contribution in [0, 0.1) is 5.92 Å². The van der Waals surface area contributed by atoms with Crippen molar-refractivity contribution in [3.63, 3.8) is 0 Å². The van der Waals surface area contributed by atoms with E-state index in [1.165, 1.54) is 56.5 Å². The standard InChI is InChI=1S/C18H32N2S/c1-3-12-19-18-11-7-5-6-9-16(18)14-20(4-2)15-17-10-8-13-21-17/h8,10,13,16,18-19H,3-7,9,11-12,14-15H2,1-2H3. The van der Waals surface area contributed by atoms with Crippen molar-refractivity contribution in [2.75, 3.05) is 19.6 Å². The predicted molar refractivity (Wildman–Crippen MR) is 93.9 cm³/mol. The second kappa shape index (κ2) is 9.60. The fourth-order valence-electron chi connectivity index (χ4n) is 3.46. The van der Waals surface area contributed by atoms with Gasteiger partial charge in [-0.25, -0.2) is 0 Å². The molecule has 2 rings (SSSR count). The van der Waals surface area contributed by atoms with E-state index >= 15 is 0 Å². The Morgan fingerprint density at radius 1 is 1.24 bits per heavy atom. The quantitative estimate of drug-likeness (QED) is 0.710. The van der Waals surface area contributed by atoms with Crippen molar-refractivity contribution in [1.29, 1.82) is 0 Å². The van der Waals surface area contributed by atoms with Gasteiger partial charge in [-0.2, -0.15) is 0 Å². The molecule has 1 saturated carbocycles. The zero-order valence-electron chi connectivity index (χ0n) is 13.8. The van der Waals surface area contributed by atoms with E-state index in [2.05, 4.69) is 41.6 Å². The summed E-state index contributed by atoms with van der Waals surface area (Å²) in [5, 5.41) is 6.02.